The third-order valence-corrected chi connectivity index (χ3v) is 1.62. The van der Waals surface area contributed by atoms with Gasteiger partial charge < -0.3 is 4.74 Å². The molecular formula is C8H11F3O2. The van der Waals surface area contributed by atoms with Crippen LogP contribution in [0.3, 0.4) is 0 Å². The van der Waals surface area contributed by atoms with E-state index in [0.29, 0.717) is 5.94 Å². The molecule has 1 atom stereocenters. The molecule has 0 aliphatic rings. The standard InChI is InChI=1S/C8H11F3O2/c1-5(2)6(3)13-8(10,11)7(9)4-12/h5-6H,1-3H3. The molecule has 0 fully saturated rings. The molecule has 0 aromatic heterocycles. The largest absolute Gasteiger partial charge is 0.420 e. The molecule has 0 amide bonds. The summed E-state index contributed by atoms with van der Waals surface area (Å²) < 4.78 is 41.3. The van der Waals surface area contributed by atoms with E-state index in [-0.39, 0.29) is 5.92 Å². The molecule has 0 rings (SSSR count). The van der Waals surface area contributed by atoms with Gasteiger partial charge in [0.15, 0.2) is 5.94 Å². The number of rotatable bonds is 4. The number of halogens is 3. The average molecular weight is 196 g/mol. The molecule has 13 heavy (non-hydrogen) atoms. The summed E-state index contributed by atoms with van der Waals surface area (Å²) in [5.74, 6) is -1.94. The first-order valence-electron chi connectivity index (χ1n) is 3.78. The molecule has 1 unspecified atom stereocenters. The van der Waals surface area contributed by atoms with Crippen LogP contribution < -0.4 is 0 Å². The molecular weight excluding hydrogens is 185 g/mol. The summed E-state index contributed by atoms with van der Waals surface area (Å²) in [4.78, 5) is 9.61. The third-order valence-electron chi connectivity index (χ3n) is 1.62. The van der Waals surface area contributed by atoms with Gasteiger partial charge in [-0.1, -0.05) is 13.8 Å². The van der Waals surface area contributed by atoms with Gasteiger partial charge >= 0.3 is 6.11 Å². The van der Waals surface area contributed by atoms with Crippen molar-refractivity contribution in [3.63, 3.8) is 0 Å². The van der Waals surface area contributed by atoms with Crippen molar-refractivity contribution in [1.29, 1.82) is 0 Å². The van der Waals surface area contributed by atoms with Crippen molar-refractivity contribution in [2.75, 3.05) is 0 Å². The lowest BCUT2D eigenvalue weighted by molar-refractivity contribution is -0.248. The van der Waals surface area contributed by atoms with E-state index >= 15 is 0 Å². The maximum Gasteiger partial charge on any atom is 0.420 e. The Labute approximate surface area is 74.4 Å². The Morgan fingerprint density at radius 1 is 1.38 bits per heavy atom. The zero-order chi connectivity index (χ0) is 10.6. The quantitative estimate of drug-likeness (QED) is 0.645. The normalized spacial score (nSPS) is 14.1. The Balaban J connectivity index is 4.42. The van der Waals surface area contributed by atoms with Crippen molar-refractivity contribution in [2.45, 2.75) is 33.0 Å². The third kappa shape index (κ3) is 3.61. The fourth-order valence-electron chi connectivity index (χ4n) is 0.481. The molecule has 0 heterocycles. The van der Waals surface area contributed by atoms with Gasteiger partial charge in [-0.05, 0) is 12.8 Å². The van der Waals surface area contributed by atoms with Crippen molar-refractivity contribution in [3.05, 3.63) is 5.83 Å². The fourth-order valence-corrected chi connectivity index (χ4v) is 0.481. The molecule has 0 aliphatic heterocycles. The second-order valence-corrected chi connectivity index (χ2v) is 3.00. The first-order chi connectivity index (χ1) is 5.81. The zero-order valence-corrected chi connectivity index (χ0v) is 7.61. The minimum Gasteiger partial charge on any atom is -0.311 e. The molecule has 0 N–H and O–H groups in total. The van der Waals surface area contributed by atoms with Crippen molar-refractivity contribution in [1.82, 2.24) is 0 Å². The van der Waals surface area contributed by atoms with Gasteiger partial charge in [0.1, 0.15) is 0 Å². The minimum atomic E-state index is -4.16. The maximum atomic E-state index is 12.5. The van der Waals surface area contributed by atoms with Crippen molar-refractivity contribution < 1.29 is 22.7 Å². The van der Waals surface area contributed by atoms with Crippen LogP contribution in [0.2, 0.25) is 0 Å². The highest BCUT2D eigenvalue weighted by atomic mass is 19.3. The predicted molar refractivity (Wildman–Crippen MR) is 40.6 cm³/mol. The van der Waals surface area contributed by atoms with E-state index in [1.165, 1.54) is 6.92 Å². The van der Waals surface area contributed by atoms with Gasteiger partial charge in [-0.25, -0.2) is 4.79 Å². The van der Waals surface area contributed by atoms with Gasteiger partial charge in [0.2, 0.25) is 0 Å². The topological polar surface area (TPSA) is 26.3 Å². The SMILES string of the molecule is CC(C)C(C)OC(F)(F)C(F)=C=O. The highest BCUT2D eigenvalue weighted by Gasteiger charge is 2.40. The zero-order valence-electron chi connectivity index (χ0n) is 7.61. The number of hydrogen-bond acceptors (Lipinski definition) is 2. The predicted octanol–water partition coefficient (Wildman–Crippen LogP) is 2.33. The Morgan fingerprint density at radius 2 is 1.85 bits per heavy atom. The van der Waals surface area contributed by atoms with Gasteiger partial charge in [-0.3, -0.25) is 0 Å². The van der Waals surface area contributed by atoms with E-state index in [0.717, 1.165) is 0 Å². The molecule has 0 bridgehead atoms. The van der Waals surface area contributed by atoms with Crippen molar-refractivity contribution in [2.24, 2.45) is 5.92 Å². The van der Waals surface area contributed by atoms with Crippen LogP contribution in [0.5, 0.6) is 0 Å². The number of alkyl halides is 2. The number of carbonyl (C=O) groups excluding carboxylic acids is 1. The van der Waals surface area contributed by atoms with Crippen LogP contribution in [0.4, 0.5) is 13.2 Å². The second kappa shape index (κ2) is 4.44. The fraction of sp³-hybridized carbons (Fsp3) is 0.750. The smallest absolute Gasteiger partial charge is 0.311 e. The summed E-state index contributed by atoms with van der Waals surface area (Å²) in [5, 5.41) is 0. The van der Waals surface area contributed by atoms with Crippen LogP contribution in [0, 0.1) is 5.92 Å². The van der Waals surface area contributed by atoms with Gasteiger partial charge in [0.05, 0.1) is 6.10 Å². The van der Waals surface area contributed by atoms with Crippen LogP contribution in [0.15, 0.2) is 5.83 Å². The molecule has 0 saturated carbocycles. The van der Waals surface area contributed by atoms with E-state index in [1.807, 2.05) is 0 Å². The van der Waals surface area contributed by atoms with Gasteiger partial charge in [-0.15, -0.1) is 0 Å². The molecule has 76 valence electrons. The first-order valence-corrected chi connectivity index (χ1v) is 3.78. The van der Waals surface area contributed by atoms with Crippen molar-refractivity contribution in [3.8, 4) is 0 Å². The first kappa shape index (κ1) is 12.2. The van der Waals surface area contributed by atoms with E-state index in [9.17, 15) is 18.0 Å². The van der Waals surface area contributed by atoms with Gasteiger partial charge in [-0.2, -0.15) is 13.2 Å². The molecule has 0 spiro atoms. The van der Waals surface area contributed by atoms with E-state index in [4.69, 9.17) is 0 Å². The minimum absolute atomic E-state index is 0.190. The lowest BCUT2D eigenvalue weighted by Crippen LogP contribution is -2.30. The molecule has 0 aromatic carbocycles. The van der Waals surface area contributed by atoms with E-state index in [2.05, 4.69) is 4.74 Å². The van der Waals surface area contributed by atoms with E-state index in [1.54, 1.807) is 13.8 Å². The van der Waals surface area contributed by atoms with Crippen LogP contribution in [-0.2, 0) is 9.53 Å². The Morgan fingerprint density at radius 3 is 2.15 bits per heavy atom. The highest BCUT2D eigenvalue weighted by Crippen LogP contribution is 2.27. The van der Waals surface area contributed by atoms with Crippen LogP contribution >= 0.6 is 0 Å². The average Bonchev–Trinajstić information content (AvgIpc) is 2.01. The lowest BCUT2D eigenvalue weighted by atomic mass is 10.1. The Hall–Kier alpha value is -0.800. The maximum absolute atomic E-state index is 12.5. The molecule has 0 aromatic rings. The van der Waals surface area contributed by atoms with Crippen molar-refractivity contribution >= 4 is 5.94 Å². The summed E-state index contributed by atoms with van der Waals surface area (Å²) in [7, 11) is 0. The second-order valence-electron chi connectivity index (χ2n) is 3.00. The molecule has 0 saturated heterocycles. The Kier molecular flexibility index (Phi) is 4.17. The monoisotopic (exact) mass is 196 g/mol. The molecule has 0 radical (unpaired) electrons. The highest BCUT2D eigenvalue weighted by molar-refractivity contribution is 5.50. The number of hydrogen-bond donors (Lipinski definition) is 0. The van der Waals surface area contributed by atoms with Crippen LogP contribution in [0.25, 0.3) is 0 Å². The molecule has 2 nitrogen and oxygen atoms in total. The Bertz CT molecular complexity index is 219. The summed E-state index contributed by atoms with van der Waals surface area (Å²) >= 11 is 0. The molecule has 0 aliphatic carbocycles. The summed E-state index contributed by atoms with van der Waals surface area (Å²) in [6, 6.07) is 0. The molecule has 5 heteroatoms. The van der Waals surface area contributed by atoms with Gasteiger partial charge in [0.25, 0.3) is 5.83 Å². The summed E-state index contributed by atoms with van der Waals surface area (Å²) in [6.45, 7) is 4.66. The van der Waals surface area contributed by atoms with E-state index < -0.39 is 18.0 Å². The van der Waals surface area contributed by atoms with Gasteiger partial charge in [0, 0.05) is 0 Å². The number of ether oxygens (including phenoxy) is 1. The summed E-state index contributed by atoms with van der Waals surface area (Å²) in [5.41, 5.74) is 0. The van der Waals surface area contributed by atoms with Crippen LogP contribution in [-0.4, -0.2) is 18.2 Å². The lowest BCUT2D eigenvalue weighted by Gasteiger charge is -2.21. The summed E-state index contributed by atoms with van der Waals surface area (Å²) in [6.07, 6.45) is -5.00. The van der Waals surface area contributed by atoms with Crippen LogP contribution in [0.1, 0.15) is 20.8 Å².